The number of hydrogen-bond donors (Lipinski definition) is 3. The van der Waals surface area contributed by atoms with E-state index in [1.807, 2.05) is 40.7 Å². The van der Waals surface area contributed by atoms with Gasteiger partial charge in [0.15, 0.2) is 0 Å². The number of nitrogens with one attached hydrogen (secondary N) is 1. The largest absolute Gasteiger partial charge is 0.508 e. The number of likely N-dealkylation sites (tertiary alicyclic amines) is 1. The molecule has 2 heterocycles. The van der Waals surface area contributed by atoms with Crippen LogP contribution in [0, 0.1) is 18.3 Å². The molecule has 2 amide bonds. The first kappa shape index (κ1) is 23.2. The Bertz CT molecular complexity index is 966. The lowest BCUT2D eigenvalue weighted by molar-refractivity contribution is -0.141. The van der Waals surface area contributed by atoms with Gasteiger partial charge in [0.25, 0.3) is 0 Å². The van der Waals surface area contributed by atoms with E-state index in [1.54, 1.807) is 22.5 Å². The number of nitrogens with zero attached hydrogens (tertiary/aromatic N) is 2. The average Bonchev–Trinajstić information content (AvgIpc) is 3.30. The van der Waals surface area contributed by atoms with Crippen LogP contribution in [0.5, 0.6) is 5.75 Å². The minimum atomic E-state index is -0.667. The van der Waals surface area contributed by atoms with E-state index in [0.29, 0.717) is 18.5 Å². The van der Waals surface area contributed by atoms with Crippen LogP contribution in [-0.2, 0) is 16.1 Å². The van der Waals surface area contributed by atoms with E-state index in [4.69, 9.17) is 5.73 Å². The predicted octanol–water partition coefficient (Wildman–Crippen LogP) is 3.05. The minimum Gasteiger partial charge on any atom is -0.508 e. The number of carbonyl (C=O) groups excluding carboxylic acids is 2. The number of benzene rings is 1. The molecule has 0 saturated carbocycles. The first-order chi connectivity index (χ1) is 14.5. The van der Waals surface area contributed by atoms with Gasteiger partial charge in [0, 0.05) is 18.7 Å². The zero-order chi connectivity index (χ0) is 22.9. The highest BCUT2D eigenvalue weighted by Gasteiger charge is 2.41. The molecule has 168 valence electrons. The standard InChI is InChI=1S/C23H32N4O3S/c1-13-8-17(27(11-13)22(30)20(24)23(3,4)5)21(29)25-10-16-7-6-15(9-18(16)28)19-14(2)26-12-31-19/h6-7,9,12-13,17,20,28H,8,10-11,24H2,1-5H3,(H,25,29)/t13?,17-,20+/m0/s1. The van der Waals surface area contributed by atoms with Gasteiger partial charge < -0.3 is 21.1 Å². The Morgan fingerprint density at radius 2 is 2.10 bits per heavy atom. The van der Waals surface area contributed by atoms with Crippen molar-refractivity contribution in [2.24, 2.45) is 17.1 Å². The van der Waals surface area contributed by atoms with Crippen LogP contribution in [0.1, 0.15) is 45.4 Å². The fraction of sp³-hybridized carbons (Fsp3) is 0.522. The molecule has 3 atom stereocenters. The van der Waals surface area contributed by atoms with E-state index < -0.39 is 12.1 Å². The molecule has 8 heteroatoms. The van der Waals surface area contributed by atoms with Gasteiger partial charge in [-0.05, 0) is 36.3 Å². The van der Waals surface area contributed by atoms with Crippen LogP contribution in [0.15, 0.2) is 23.7 Å². The molecule has 1 aromatic carbocycles. The van der Waals surface area contributed by atoms with Gasteiger partial charge in [-0.15, -0.1) is 11.3 Å². The molecule has 2 aromatic rings. The molecule has 4 N–H and O–H groups in total. The number of thiazole rings is 1. The summed E-state index contributed by atoms with van der Waals surface area (Å²) in [6, 6.07) is 4.20. The molecule has 0 spiro atoms. The monoisotopic (exact) mass is 444 g/mol. The summed E-state index contributed by atoms with van der Waals surface area (Å²) in [7, 11) is 0. The Hall–Kier alpha value is -2.45. The smallest absolute Gasteiger partial charge is 0.243 e. The molecule has 3 rings (SSSR count). The van der Waals surface area contributed by atoms with Crippen LogP contribution in [0.3, 0.4) is 0 Å². The van der Waals surface area contributed by atoms with Crippen molar-refractivity contribution in [3.8, 4) is 16.2 Å². The van der Waals surface area contributed by atoms with Crippen molar-refractivity contribution in [2.75, 3.05) is 6.54 Å². The number of amides is 2. The number of hydrogen-bond acceptors (Lipinski definition) is 6. The van der Waals surface area contributed by atoms with Crippen LogP contribution < -0.4 is 11.1 Å². The highest BCUT2D eigenvalue weighted by molar-refractivity contribution is 7.13. The Labute approximate surface area is 187 Å². The van der Waals surface area contributed by atoms with Gasteiger partial charge in [-0.1, -0.05) is 39.8 Å². The first-order valence-electron chi connectivity index (χ1n) is 10.5. The molecular formula is C23H32N4O3S. The third-order valence-corrected chi connectivity index (χ3v) is 6.82. The Kier molecular flexibility index (Phi) is 6.71. The van der Waals surface area contributed by atoms with Gasteiger partial charge in [0.05, 0.1) is 22.1 Å². The summed E-state index contributed by atoms with van der Waals surface area (Å²) in [6.45, 7) is 10.4. The van der Waals surface area contributed by atoms with E-state index in [2.05, 4.69) is 10.3 Å². The number of rotatable bonds is 5. The van der Waals surface area contributed by atoms with Gasteiger partial charge in [-0.3, -0.25) is 9.59 Å². The number of phenolic OH excluding ortho intramolecular Hbond substituents is 1. The quantitative estimate of drug-likeness (QED) is 0.657. The summed E-state index contributed by atoms with van der Waals surface area (Å²) < 4.78 is 0. The van der Waals surface area contributed by atoms with Crippen molar-refractivity contribution in [2.45, 2.75) is 59.7 Å². The summed E-state index contributed by atoms with van der Waals surface area (Å²) in [4.78, 5) is 32.7. The van der Waals surface area contributed by atoms with Crippen molar-refractivity contribution in [1.29, 1.82) is 0 Å². The number of phenols is 1. The fourth-order valence-corrected chi connectivity index (χ4v) is 4.62. The maximum absolute atomic E-state index is 12.9. The molecule has 1 fully saturated rings. The van der Waals surface area contributed by atoms with Crippen molar-refractivity contribution < 1.29 is 14.7 Å². The van der Waals surface area contributed by atoms with Crippen LogP contribution >= 0.6 is 11.3 Å². The number of aromatic hydroxyl groups is 1. The maximum atomic E-state index is 12.9. The van der Waals surface area contributed by atoms with E-state index in [1.165, 1.54) is 11.3 Å². The third-order valence-electron chi connectivity index (χ3n) is 5.84. The van der Waals surface area contributed by atoms with Crippen LogP contribution in [0.4, 0.5) is 0 Å². The second kappa shape index (κ2) is 8.96. The van der Waals surface area contributed by atoms with Crippen LogP contribution in [0.2, 0.25) is 0 Å². The van der Waals surface area contributed by atoms with Crippen LogP contribution in [0.25, 0.3) is 10.4 Å². The molecule has 0 aliphatic carbocycles. The zero-order valence-electron chi connectivity index (χ0n) is 18.8. The predicted molar refractivity (Wildman–Crippen MR) is 123 cm³/mol. The van der Waals surface area contributed by atoms with Crippen LogP contribution in [-0.4, -0.2) is 45.4 Å². The van der Waals surface area contributed by atoms with E-state index in [9.17, 15) is 14.7 Å². The Morgan fingerprint density at radius 1 is 1.39 bits per heavy atom. The number of aromatic nitrogens is 1. The maximum Gasteiger partial charge on any atom is 0.243 e. The summed E-state index contributed by atoms with van der Waals surface area (Å²) in [6.07, 6.45) is 0.601. The minimum absolute atomic E-state index is 0.119. The molecule has 0 bridgehead atoms. The highest BCUT2D eigenvalue weighted by Crippen LogP contribution is 2.31. The molecule has 1 aliphatic heterocycles. The van der Waals surface area contributed by atoms with E-state index in [0.717, 1.165) is 16.1 Å². The summed E-state index contributed by atoms with van der Waals surface area (Å²) in [5.41, 5.74) is 10.00. The lowest BCUT2D eigenvalue weighted by Gasteiger charge is -2.32. The number of nitrogens with two attached hydrogens (primary N) is 1. The van der Waals surface area contributed by atoms with Crippen molar-refractivity contribution in [1.82, 2.24) is 15.2 Å². The Balaban J connectivity index is 1.68. The van der Waals surface area contributed by atoms with E-state index in [-0.39, 0.29) is 35.4 Å². The van der Waals surface area contributed by atoms with Gasteiger partial charge in [0.1, 0.15) is 11.8 Å². The lowest BCUT2D eigenvalue weighted by Crippen LogP contribution is -2.54. The number of carbonyl (C=O) groups is 2. The van der Waals surface area contributed by atoms with Gasteiger partial charge in [0.2, 0.25) is 11.8 Å². The number of aryl methyl sites for hydroxylation is 1. The second-order valence-corrected chi connectivity index (χ2v) is 10.4. The Morgan fingerprint density at radius 3 is 2.68 bits per heavy atom. The fourth-order valence-electron chi connectivity index (χ4n) is 3.82. The second-order valence-electron chi connectivity index (χ2n) is 9.52. The average molecular weight is 445 g/mol. The first-order valence-corrected chi connectivity index (χ1v) is 11.4. The molecule has 1 unspecified atom stereocenters. The molecule has 7 nitrogen and oxygen atoms in total. The van der Waals surface area contributed by atoms with Gasteiger partial charge in [-0.2, -0.15) is 0 Å². The summed E-state index contributed by atoms with van der Waals surface area (Å²) in [5, 5.41) is 13.3. The molecule has 1 saturated heterocycles. The molecule has 0 radical (unpaired) electrons. The normalized spacial score (nSPS) is 20.0. The zero-order valence-corrected chi connectivity index (χ0v) is 19.6. The molecular weight excluding hydrogens is 412 g/mol. The van der Waals surface area contributed by atoms with Gasteiger partial charge >= 0.3 is 0 Å². The van der Waals surface area contributed by atoms with Crippen molar-refractivity contribution in [3.05, 3.63) is 35.0 Å². The molecule has 1 aromatic heterocycles. The third kappa shape index (κ3) is 5.07. The van der Waals surface area contributed by atoms with Crippen molar-refractivity contribution >= 4 is 23.2 Å². The SMILES string of the molecule is Cc1ncsc1-c1ccc(CNC(=O)[C@@H]2CC(C)CN2C(=O)[C@@H](N)C(C)(C)C)c(O)c1. The molecule has 1 aliphatic rings. The highest BCUT2D eigenvalue weighted by atomic mass is 32.1. The lowest BCUT2D eigenvalue weighted by atomic mass is 9.86. The summed E-state index contributed by atoms with van der Waals surface area (Å²) >= 11 is 1.52. The van der Waals surface area contributed by atoms with E-state index >= 15 is 0 Å². The molecule has 31 heavy (non-hydrogen) atoms. The topological polar surface area (TPSA) is 109 Å². The van der Waals surface area contributed by atoms with Gasteiger partial charge in [-0.25, -0.2) is 4.98 Å². The summed E-state index contributed by atoms with van der Waals surface area (Å²) in [5.74, 6) is -0.0695. The van der Waals surface area contributed by atoms with Crippen molar-refractivity contribution in [3.63, 3.8) is 0 Å².